The first-order valence-electron chi connectivity index (χ1n) is 12.9. The quantitative estimate of drug-likeness (QED) is 0.135. The van der Waals surface area contributed by atoms with Crippen LogP contribution in [0.1, 0.15) is 130 Å². The molecule has 0 aliphatic heterocycles. The third-order valence-corrected chi connectivity index (χ3v) is 6.36. The minimum Gasteiger partial charge on any atom is -0.426 e. The Morgan fingerprint density at radius 2 is 1.17 bits per heavy atom. The zero-order valence-corrected chi connectivity index (χ0v) is 20.4. The van der Waals surface area contributed by atoms with Crippen molar-refractivity contribution in [3.8, 4) is 5.75 Å². The van der Waals surface area contributed by atoms with E-state index in [0.29, 0.717) is 5.75 Å². The molecule has 0 heterocycles. The van der Waals surface area contributed by atoms with Crippen molar-refractivity contribution in [2.24, 2.45) is 5.41 Å². The van der Waals surface area contributed by atoms with E-state index in [-0.39, 0.29) is 11.4 Å². The van der Waals surface area contributed by atoms with Gasteiger partial charge in [-0.3, -0.25) is 4.79 Å². The number of hydrogen-bond acceptors (Lipinski definition) is 2. The highest BCUT2D eigenvalue weighted by molar-refractivity contribution is 5.78. The second kappa shape index (κ2) is 16.4. The lowest BCUT2D eigenvalue weighted by Crippen LogP contribution is -2.32. The standard InChI is InChI=1S/C28H48O2/c1-5-8-11-13-14-17-24-28(4,23-16-12-9-6-2)27(29)30-26-21-19-25(20-22-26)18-15-10-7-3/h19-22H,5-18,23-24H2,1-4H3. The molecule has 172 valence electrons. The van der Waals surface area contributed by atoms with Crippen LogP contribution in [-0.2, 0) is 11.2 Å². The van der Waals surface area contributed by atoms with Crippen molar-refractivity contribution in [3.63, 3.8) is 0 Å². The molecule has 2 nitrogen and oxygen atoms in total. The maximum absolute atomic E-state index is 13.1. The summed E-state index contributed by atoms with van der Waals surface area (Å²) in [5, 5.41) is 0. The summed E-state index contributed by atoms with van der Waals surface area (Å²) < 4.78 is 5.87. The Bertz CT molecular complexity index is 548. The highest BCUT2D eigenvalue weighted by Gasteiger charge is 2.34. The van der Waals surface area contributed by atoms with Crippen LogP contribution in [0.4, 0.5) is 0 Å². The highest BCUT2D eigenvalue weighted by atomic mass is 16.5. The van der Waals surface area contributed by atoms with Crippen LogP contribution in [-0.4, -0.2) is 5.97 Å². The molecule has 1 atom stereocenters. The van der Waals surface area contributed by atoms with Gasteiger partial charge in [0, 0.05) is 0 Å². The lowest BCUT2D eigenvalue weighted by molar-refractivity contribution is -0.146. The smallest absolute Gasteiger partial charge is 0.317 e. The Hall–Kier alpha value is -1.31. The molecule has 0 aromatic heterocycles. The van der Waals surface area contributed by atoms with Crippen molar-refractivity contribution in [3.05, 3.63) is 29.8 Å². The van der Waals surface area contributed by atoms with E-state index in [1.54, 1.807) is 0 Å². The van der Waals surface area contributed by atoms with E-state index in [4.69, 9.17) is 4.74 Å². The molecule has 30 heavy (non-hydrogen) atoms. The molecule has 1 rings (SSSR count). The van der Waals surface area contributed by atoms with Crippen LogP contribution in [0.15, 0.2) is 24.3 Å². The molecule has 1 aromatic carbocycles. The zero-order chi connectivity index (χ0) is 22.1. The zero-order valence-electron chi connectivity index (χ0n) is 20.4. The summed E-state index contributed by atoms with van der Waals surface area (Å²) >= 11 is 0. The van der Waals surface area contributed by atoms with Crippen molar-refractivity contribution < 1.29 is 9.53 Å². The second-order valence-corrected chi connectivity index (χ2v) is 9.38. The van der Waals surface area contributed by atoms with E-state index in [1.807, 2.05) is 12.1 Å². The van der Waals surface area contributed by atoms with Gasteiger partial charge in [-0.15, -0.1) is 0 Å². The Labute approximate surface area is 187 Å². The summed E-state index contributed by atoms with van der Waals surface area (Å²) in [7, 11) is 0. The van der Waals surface area contributed by atoms with E-state index in [2.05, 4.69) is 39.8 Å². The fraction of sp³-hybridized carbons (Fsp3) is 0.750. The van der Waals surface area contributed by atoms with E-state index >= 15 is 0 Å². The maximum atomic E-state index is 13.1. The third-order valence-electron chi connectivity index (χ3n) is 6.36. The molecule has 0 aliphatic carbocycles. The number of rotatable bonds is 18. The van der Waals surface area contributed by atoms with Crippen LogP contribution in [0.5, 0.6) is 5.75 Å². The first-order chi connectivity index (χ1) is 14.6. The first kappa shape index (κ1) is 26.7. The van der Waals surface area contributed by atoms with Crippen LogP contribution in [0.25, 0.3) is 0 Å². The van der Waals surface area contributed by atoms with Crippen molar-refractivity contribution in [2.75, 3.05) is 0 Å². The van der Waals surface area contributed by atoms with E-state index in [9.17, 15) is 4.79 Å². The average molecular weight is 417 g/mol. The number of carbonyl (C=O) groups excluding carboxylic acids is 1. The highest BCUT2D eigenvalue weighted by Crippen LogP contribution is 2.33. The molecule has 1 unspecified atom stereocenters. The van der Waals surface area contributed by atoms with Crippen molar-refractivity contribution in [2.45, 2.75) is 130 Å². The van der Waals surface area contributed by atoms with Gasteiger partial charge in [0.05, 0.1) is 5.41 Å². The molecule has 0 saturated heterocycles. The molecule has 0 radical (unpaired) electrons. The number of carbonyl (C=O) groups is 1. The lowest BCUT2D eigenvalue weighted by atomic mass is 9.79. The number of aryl methyl sites for hydroxylation is 1. The lowest BCUT2D eigenvalue weighted by Gasteiger charge is -2.27. The topological polar surface area (TPSA) is 26.3 Å². The normalized spacial score (nSPS) is 13.2. The Morgan fingerprint density at radius 3 is 1.73 bits per heavy atom. The van der Waals surface area contributed by atoms with Gasteiger partial charge < -0.3 is 4.74 Å². The molecule has 0 aliphatic rings. The maximum Gasteiger partial charge on any atom is 0.317 e. The van der Waals surface area contributed by atoms with Crippen molar-refractivity contribution in [1.82, 2.24) is 0 Å². The number of esters is 1. The largest absolute Gasteiger partial charge is 0.426 e. The molecular formula is C28H48O2. The van der Waals surface area contributed by atoms with Crippen LogP contribution in [0, 0.1) is 5.41 Å². The number of unbranched alkanes of at least 4 members (excludes halogenated alkanes) is 10. The van der Waals surface area contributed by atoms with Crippen molar-refractivity contribution >= 4 is 5.97 Å². The third kappa shape index (κ3) is 11.2. The summed E-state index contributed by atoms with van der Waals surface area (Å²) in [5.41, 5.74) is 0.968. The molecule has 0 bridgehead atoms. The van der Waals surface area contributed by atoms with E-state index in [1.165, 1.54) is 76.2 Å². The molecule has 0 N–H and O–H groups in total. The summed E-state index contributed by atoms with van der Waals surface area (Å²) in [4.78, 5) is 13.1. The van der Waals surface area contributed by atoms with Gasteiger partial charge in [-0.1, -0.05) is 110 Å². The summed E-state index contributed by atoms with van der Waals surface area (Å²) in [6.07, 6.45) is 19.1. The SMILES string of the molecule is CCCCCCCCC(C)(CCCCCC)C(=O)Oc1ccc(CCCCC)cc1. The van der Waals surface area contributed by atoms with Gasteiger partial charge in [-0.2, -0.15) is 0 Å². The minimum atomic E-state index is -0.363. The van der Waals surface area contributed by atoms with Crippen LogP contribution in [0.2, 0.25) is 0 Å². The van der Waals surface area contributed by atoms with Crippen LogP contribution < -0.4 is 4.74 Å². The van der Waals surface area contributed by atoms with Gasteiger partial charge >= 0.3 is 5.97 Å². The Kier molecular flexibility index (Phi) is 14.6. The summed E-state index contributed by atoms with van der Waals surface area (Å²) in [6, 6.07) is 8.18. The predicted octanol–water partition coefficient (Wildman–Crippen LogP) is 9.05. The Morgan fingerprint density at radius 1 is 0.700 bits per heavy atom. The molecule has 0 amide bonds. The fourth-order valence-corrected chi connectivity index (χ4v) is 4.10. The number of ether oxygens (including phenoxy) is 1. The molecule has 0 fully saturated rings. The molecule has 2 heteroatoms. The molecule has 1 aromatic rings. The van der Waals surface area contributed by atoms with Gasteiger partial charge in [0.15, 0.2) is 0 Å². The Balaban J connectivity index is 2.61. The van der Waals surface area contributed by atoms with Gasteiger partial charge in [-0.05, 0) is 50.3 Å². The molecule has 0 spiro atoms. The van der Waals surface area contributed by atoms with Gasteiger partial charge in [0.1, 0.15) is 5.75 Å². The fourth-order valence-electron chi connectivity index (χ4n) is 4.10. The van der Waals surface area contributed by atoms with Gasteiger partial charge in [0.2, 0.25) is 0 Å². The second-order valence-electron chi connectivity index (χ2n) is 9.38. The van der Waals surface area contributed by atoms with E-state index in [0.717, 1.165) is 32.1 Å². The summed E-state index contributed by atoms with van der Waals surface area (Å²) in [5.74, 6) is 0.660. The monoisotopic (exact) mass is 416 g/mol. The summed E-state index contributed by atoms with van der Waals surface area (Å²) in [6.45, 7) is 8.84. The van der Waals surface area contributed by atoms with E-state index < -0.39 is 0 Å². The van der Waals surface area contributed by atoms with Crippen LogP contribution >= 0.6 is 0 Å². The molecule has 0 saturated carbocycles. The average Bonchev–Trinajstić information content (AvgIpc) is 2.75. The number of hydrogen-bond donors (Lipinski definition) is 0. The van der Waals surface area contributed by atoms with Crippen LogP contribution in [0.3, 0.4) is 0 Å². The van der Waals surface area contributed by atoms with Crippen molar-refractivity contribution in [1.29, 1.82) is 0 Å². The predicted molar refractivity (Wildman–Crippen MR) is 130 cm³/mol. The van der Waals surface area contributed by atoms with Gasteiger partial charge in [0.25, 0.3) is 0 Å². The first-order valence-corrected chi connectivity index (χ1v) is 12.9. The molecular weight excluding hydrogens is 368 g/mol. The van der Waals surface area contributed by atoms with Gasteiger partial charge in [-0.25, -0.2) is 0 Å². The number of benzene rings is 1. The minimum absolute atomic E-state index is 0.0358.